The van der Waals surface area contributed by atoms with Crippen LogP contribution in [0.4, 0.5) is 10.2 Å². The van der Waals surface area contributed by atoms with Crippen LogP contribution in [0.2, 0.25) is 0 Å². The van der Waals surface area contributed by atoms with E-state index in [2.05, 4.69) is 20.2 Å². The summed E-state index contributed by atoms with van der Waals surface area (Å²) in [7, 11) is 0. The van der Waals surface area contributed by atoms with Gasteiger partial charge in [0.15, 0.2) is 5.82 Å². The summed E-state index contributed by atoms with van der Waals surface area (Å²) in [5.74, 6) is 1.06. The van der Waals surface area contributed by atoms with Gasteiger partial charge >= 0.3 is 0 Å². The zero-order chi connectivity index (χ0) is 20.1. The zero-order valence-electron chi connectivity index (χ0n) is 16.1. The third kappa shape index (κ3) is 4.77. The third-order valence-corrected chi connectivity index (χ3v) is 5.17. The molecule has 1 saturated heterocycles. The molecular weight excluding hydrogens is 367 g/mol. The van der Waals surface area contributed by atoms with Gasteiger partial charge in [-0.1, -0.05) is 30.3 Å². The van der Waals surface area contributed by atoms with Gasteiger partial charge < -0.3 is 10.2 Å². The molecule has 0 saturated carbocycles. The van der Waals surface area contributed by atoms with Gasteiger partial charge in [-0.15, -0.1) is 0 Å². The highest BCUT2D eigenvalue weighted by Crippen LogP contribution is 2.24. The summed E-state index contributed by atoms with van der Waals surface area (Å²) < 4.78 is 13.2. The lowest BCUT2D eigenvalue weighted by atomic mass is 9.97. The van der Waals surface area contributed by atoms with E-state index in [0.29, 0.717) is 18.9 Å². The van der Waals surface area contributed by atoms with Gasteiger partial charge in [0, 0.05) is 31.4 Å². The first-order chi connectivity index (χ1) is 14.2. The first-order valence-corrected chi connectivity index (χ1v) is 9.84. The second-order valence-electron chi connectivity index (χ2n) is 7.23. The van der Waals surface area contributed by atoms with Gasteiger partial charge in [-0.05, 0) is 48.7 Å². The van der Waals surface area contributed by atoms with Crippen molar-refractivity contribution in [3.63, 3.8) is 0 Å². The van der Waals surface area contributed by atoms with Crippen LogP contribution in [0.25, 0.3) is 11.4 Å². The van der Waals surface area contributed by atoms with E-state index in [-0.39, 0.29) is 17.6 Å². The van der Waals surface area contributed by atoms with E-state index in [9.17, 15) is 9.18 Å². The monoisotopic (exact) mass is 390 g/mol. The van der Waals surface area contributed by atoms with Crippen molar-refractivity contribution in [1.29, 1.82) is 0 Å². The molecule has 1 fully saturated rings. The molecule has 0 radical (unpaired) electrons. The number of aromatic nitrogens is 2. The maximum atomic E-state index is 13.2. The average molecular weight is 390 g/mol. The van der Waals surface area contributed by atoms with Crippen molar-refractivity contribution < 1.29 is 9.18 Å². The molecule has 1 amide bonds. The summed E-state index contributed by atoms with van der Waals surface area (Å²) in [4.78, 5) is 23.7. The number of hydrogen-bond acceptors (Lipinski definition) is 4. The number of hydrogen-bond donors (Lipinski definition) is 1. The fourth-order valence-corrected chi connectivity index (χ4v) is 3.59. The molecule has 2 heterocycles. The van der Waals surface area contributed by atoms with Gasteiger partial charge in [-0.3, -0.25) is 4.79 Å². The van der Waals surface area contributed by atoms with Gasteiger partial charge in [-0.25, -0.2) is 14.4 Å². The van der Waals surface area contributed by atoms with Crippen LogP contribution in [-0.4, -0.2) is 29.0 Å². The van der Waals surface area contributed by atoms with Crippen LogP contribution in [0.5, 0.6) is 0 Å². The van der Waals surface area contributed by atoms with E-state index in [1.165, 1.54) is 12.1 Å². The van der Waals surface area contributed by atoms with E-state index in [1.807, 2.05) is 36.4 Å². The number of anilines is 1. The number of halogens is 1. The molecule has 1 aliphatic heterocycles. The lowest BCUT2D eigenvalue weighted by Crippen LogP contribution is -2.43. The molecule has 1 aromatic heterocycles. The van der Waals surface area contributed by atoms with Gasteiger partial charge in [0.1, 0.15) is 11.6 Å². The Morgan fingerprint density at radius 2 is 1.90 bits per heavy atom. The highest BCUT2D eigenvalue weighted by Gasteiger charge is 2.26. The molecule has 4 rings (SSSR count). The number of benzene rings is 2. The van der Waals surface area contributed by atoms with E-state index in [4.69, 9.17) is 0 Å². The first-order valence-electron chi connectivity index (χ1n) is 9.84. The summed E-state index contributed by atoms with van der Waals surface area (Å²) in [6.07, 6.45) is 3.51. The zero-order valence-corrected chi connectivity index (χ0v) is 16.1. The standard InChI is InChI=1S/C23H23FN4O/c24-20-10-8-18(9-11-20)22-25-13-12-21(27-22)28-14-4-7-19(16-28)23(29)26-15-17-5-2-1-3-6-17/h1-3,5-6,8-13,19H,4,7,14-16H2,(H,26,29)/t19-/m0/s1. The molecule has 2 aromatic carbocycles. The van der Waals surface area contributed by atoms with Gasteiger partial charge in [0.2, 0.25) is 5.91 Å². The summed E-state index contributed by atoms with van der Waals surface area (Å²) in [6, 6.07) is 17.9. The number of amides is 1. The molecule has 3 aromatic rings. The number of nitrogens with zero attached hydrogens (tertiary/aromatic N) is 3. The van der Waals surface area contributed by atoms with Crippen molar-refractivity contribution in [3.05, 3.63) is 78.2 Å². The molecule has 0 spiro atoms. The van der Waals surface area contributed by atoms with E-state index in [1.54, 1.807) is 18.3 Å². The van der Waals surface area contributed by atoms with Gasteiger partial charge in [0.05, 0.1) is 5.92 Å². The van der Waals surface area contributed by atoms with E-state index < -0.39 is 0 Å². The largest absolute Gasteiger partial charge is 0.356 e. The first kappa shape index (κ1) is 19.1. The fourth-order valence-electron chi connectivity index (χ4n) is 3.59. The SMILES string of the molecule is O=C(NCc1ccccc1)[C@H]1CCCN(c2ccnc(-c3ccc(F)cc3)n2)C1. The maximum Gasteiger partial charge on any atom is 0.225 e. The molecule has 6 heteroatoms. The fraction of sp³-hybridized carbons (Fsp3) is 0.261. The minimum absolute atomic E-state index is 0.0725. The van der Waals surface area contributed by atoms with Gasteiger partial charge in [-0.2, -0.15) is 0 Å². The highest BCUT2D eigenvalue weighted by molar-refractivity contribution is 5.79. The molecule has 5 nitrogen and oxygen atoms in total. The van der Waals surface area contributed by atoms with Gasteiger partial charge in [0.25, 0.3) is 0 Å². The summed E-state index contributed by atoms with van der Waals surface area (Å²) in [5, 5.41) is 3.05. The van der Waals surface area contributed by atoms with Crippen molar-refractivity contribution in [2.24, 2.45) is 5.92 Å². The Morgan fingerprint density at radius 1 is 1.10 bits per heavy atom. The van der Waals surface area contributed by atoms with Crippen LogP contribution < -0.4 is 10.2 Å². The Hall–Kier alpha value is -3.28. The Balaban J connectivity index is 1.42. The molecular formula is C23H23FN4O. The van der Waals surface area contributed by atoms with Crippen LogP contribution in [0.3, 0.4) is 0 Å². The van der Waals surface area contributed by atoms with Crippen molar-refractivity contribution in [3.8, 4) is 11.4 Å². The van der Waals surface area contributed by atoms with Crippen LogP contribution >= 0.6 is 0 Å². The molecule has 1 N–H and O–H groups in total. The second-order valence-corrected chi connectivity index (χ2v) is 7.23. The minimum Gasteiger partial charge on any atom is -0.356 e. The lowest BCUT2D eigenvalue weighted by molar-refractivity contribution is -0.125. The maximum absolute atomic E-state index is 13.2. The molecule has 0 unspecified atom stereocenters. The van der Waals surface area contributed by atoms with Crippen LogP contribution in [0, 0.1) is 11.7 Å². The molecule has 1 atom stereocenters. The number of carbonyl (C=O) groups excluding carboxylic acids is 1. The summed E-state index contributed by atoms with van der Waals surface area (Å²) >= 11 is 0. The predicted octanol–water partition coefficient (Wildman–Crippen LogP) is 3.82. The average Bonchev–Trinajstić information content (AvgIpc) is 2.79. The molecule has 1 aliphatic rings. The Kier molecular flexibility index (Phi) is 5.79. The van der Waals surface area contributed by atoms with E-state index >= 15 is 0 Å². The second kappa shape index (κ2) is 8.82. The van der Waals surface area contributed by atoms with Crippen molar-refractivity contribution >= 4 is 11.7 Å². The molecule has 148 valence electrons. The van der Waals surface area contributed by atoms with Crippen molar-refractivity contribution in [2.75, 3.05) is 18.0 Å². The lowest BCUT2D eigenvalue weighted by Gasteiger charge is -2.33. The van der Waals surface area contributed by atoms with Crippen molar-refractivity contribution in [2.45, 2.75) is 19.4 Å². The van der Waals surface area contributed by atoms with Crippen LogP contribution in [0.1, 0.15) is 18.4 Å². The quantitative estimate of drug-likeness (QED) is 0.720. The number of piperidine rings is 1. The van der Waals surface area contributed by atoms with Crippen LogP contribution in [0.15, 0.2) is 66.9 Å². The minimum atomic E-state index is -0.287. The highest BCUT2D eigenvalue weighted by atomic mass is 19.1. The van der Waals surface area contributed by atoms with Crippen LogP contribution in [-0.2, 0) is 11.3 Å². The number of rotatable bonds is 5. The van der Waals surface area contributed by atoms with E-state index in [0.717, 1.165) is 36.3 Å². The molecule has 0 aliphatic carbocycles. The predicted molar refractivity (Wildman–Crippen MR) is 111 cm³/mol. The third-order valence-electron chi connectivity index (χ3n) is 5.17. The normalized spacial score (nSPS) is 16.4. The summed E-state index contributed by atoms with van der Waals surface area (Å²) in [5.41, 5.74) is 1.86. The topological polar surface area (TPSA) is 58.1 Å². The Labute approximate surface area is 169 Å². The summed E-state index contributed by atoms with van der Waals surface area (Å²) in [6.45, 7) is 2.02. The molecule has 29 heavy (non-hydrogen) atoms. The Morgan fingerprint density at radius 3 is 2.69 bits per heavy atom. The molecule has 0 bridgehead atoms. The number of nitrogens with one attached hydrogen (secondary N) is 1. The van der Waals surface area contributed by atoms with Crippen molar-refractivity contribution in [1.82, 2.24) is 15.3 Å². The smallest absolute Gasteiger partial charge is 0.225 e. The Bertz CT molecular complexity index is 962. The number of carbonyl (C=O) groups is 1.